The molecule has 4 heterocycles. The second kappa shape index (κ2) is 7.75. The molecule has 2 aliphatic rings. The first-order valence-electron chi connectivity index (χ1n) is 10.1. The van der Waals surface area contributed by atoms with Crippen LogP contribution in [0.25, 0.3) is 5.69 Å². The van der Waals surface area contributed by atoms with Crippen LogP contribution in [-0.4, -0.2) is 54.1 Å². The molecule has 0 amide bonds. The van der Waals surface area contributed by atoms with Crippen molar-refractivity contribution < 1.29 is 5.11 Å². The maximum Gasteiger partial charge on any atom is 0.162 e. The molecule has 3 aromatic rings. The molecule has 0 aliphatic carbocycles. The minimum Gasteiger partial charge on any atom is -0.506 e. The second-order valence-electron chi connectivity index (χ2n) is 7.94. The number of nitrogens with zero attached hydrogens (tertiary/aromatic N) is 6. The molecule has 9 heteroatoms. The number of fused-ring (bicyclic) bond motifs is 2. The van der Waals surface area contributed by atoms with E-state index in [-0.39, 0.29) is 5.75 Å². The molecule has 0 saturated carbocycles. The van der Waals surface area contributed by atoms with Crippen molar-refractivity contribution in [2.24, 2.45) is 5.92 Å². The molecule has 2 saturated heterocycles. The normalized spacial score (nSPS) is 23.2. The van der Waals surface area contributed by atoms with Crippen LogP contribution in [0, 0.1) is 5.92 Å². The van der Waals surface area contributed by atoms with E-state index in [0.29, 0.717) is 35.9 Å². The number of nitrogens with one attached hydrogen (secondary N) is 2. The first-order valence-corrected chi connectivity index (χ1v) is 10.1. The van der Waals surface area contributed by atoms with Gasteiger partial charge in [-0.3, -0.25) is 0 Å². The third kappa shape index (κ3) is 3.91. The topological polar surface area (TPSA) is 114 Å². The zero-order valence-corrected chi connectivity index (χ0v) is 16.1. The minimum atomic E-state index is 0.123. The Kier molecular flexibility index (Phi) is 4.81. The quantitative estimate of drug-likeness (QED) is 0.581. The third-order valence-electron chi connectivity index (χ3n) is 5.85. The van der Waals surface area contributed by atoms with E-state index in [0.717, 1.165) is 18.1 Å². The summed E-state index contributed by atoms with van der Waals surface area (Å²) in [5.41, 5.74) is 1.30. The summed E-state index contributed by atoms with van der Waals surface area (Å²) in [6.45, 7) is 0.939. The molecule has 2 bridgehead atoms. The molecule has 1 aromatic carbocycles. The fourth-order valence-corrected chi connectivity index (χ4v) is 4.45. The van der Waals surface area contributed by atoms with Gasteiger partial charge in [-0.25, -0.2) is 0 Å². The van der Waals surface area contributed by atoms with E-state index in [1.165, 1.54) is 30.4 Å². The molecule has 29 heavy (non-hydrogen) atoms. The fourth-order valence-electron chi connectivity index (χ4n) is 4.45. The summed E-state index contributed by atoms with van der Waals surface area (Å²) < 4.78 is 1.52. The number of anilines is 1. The van der Waals surface area contributed by atoms with Gasteiger partial charge < -0.3 is 15.7 Å². The lowest BCUT2D eigenvalue weighted by Gasteiger charge is -2.29. The summed E-state index contributed by atoms with van der Waals surface area (Å²) >= 11 is 0. The van der Waals surface area contributed by atoms with E-state index in [9.17, 15) is 5.11 Å². The maximum atomic E-state index is 10.1. The van der Waals surface area contributed by atoms with Gasteiger partial charge in [-0.05, 0) is 66.3 Å². The van der Waals surface area contributed by atoms with Crippen molar-refractivity contribution in [2.75, 3.05) is 11.9 Å². The molecule has 3 N–H and O–H groups in total. The summed E-state index contributed by atoms with van der Waals surface area (Å²) in [6, 6.07) is 12.2. The van der Waals surface area contributed by atoms with Crippen molar-refractivity contribution in [1.29, 1.82) is 0 Å². The van der Waals surface area contributed by atoms with Crippen LogP contribution >= 0.6 is 0 Å². The molecular weight excluding hydrogens is 368 g/mol. The van der Waals surface area contributed by atoms with Gasteiger partial charge in [0, 0.05) is 18.6 Å². The van der Waals surface area contributed by atoms with Crippen LogP contribution in [0.1, 0.15) is 37.2 Å². The van der Waals surface area contributed by atoms with Gasteiger partial charge in [-0.1, -0.05) is 12.1 Å². The number of phenols is 1. The van der Waals surface area contributed by atoms with E-state index in [1.54, 1.807) is 18.2 Å². The zero-order valence-electron chi connectivity index (χ0n) is 16.1. The third-order valence-corrected chi connectivity index (χ3v) is 5.85. The Balaban J connectivity index is 1.22. The van der Waals surface area contributed by atoms with E-state index < -0.39 is 0 Å². The molecular formula is C20H24N8O. The number of para-hydroxylation sites is 2. The predicted molar refractivity (Wildman–Crippen MR) is 107 cm³/mol. The molecule has 0 radical (unpaired) electrons. The molecule has 2 atom stereocenters. The van der Waals surface area contributed by atoms with Crippen molar-refractivity contribution in [3.8, 4) is 11.4 Å². The number of phenolic OH excluding ortho intramolecular Hbond substituents is 1. The van der Waals surface area contributed by atoms with E-state index in [4.69, 9.17) is 0 Å². The van der Waals surface area contributed by atoms with Crippen LogP contribution < -0.4 is 10.6 Å². The SMILES string of the molecule is Oc1ccccc1-n1nnnc1Cc1ccc(NCC2CC3CCC(C2)N3)nn1. The summed E-state index contributed by atoms with van der Waals surface area (Å²) in [7, 11) is 0. The van der Waals surface area contributed by atoms with Crippen LogP contribution in [0.3, 0.4) is 0 Å². The Morgan fingerprint density at radius 1 is 1.03 bits per heavy atom. The van der Waals surface area contributed by atoms with Gasteiger partial charge in [0.1, 0.15) is 17.3 Å². The van der Waals surface area contributed by atoms with Gasteiger partial charge in [0.15, 0.2) is 5.82 Å². The Hall–Kier alpha value is -3.07. The van der Waals surface area contributed by atoms with E-state index >= 15 is 0 Å². The van der Waals surface area contributed by atoms with Gasteiger partial charge in [-0.15, -0.1) is 10.2 Å². The predicted octanol–water partition coefficient (Wildman–Crippen LogP) is 1.69. The molecule has 2 unspecified atom stereocenters. The second-order valence-corrected chi connectivity index (χ2v) is 7.94. The Morgan fingerprint density at radius 3 is 2.62 bits per heavy atom. The minimum absolute atomic E-state index is 0.123. The monoisotopic (exact) mass is 392 g/mol. The number of aromatic nitrogens is 6. The molecule has 5 rings (SSSR count). The Bertz CT molecular complexity index is 961. The highest BCUT2D eigenvalue weighted by atomic mass is 16.3. The Morgan fingerprint density at radius 2 is 1.86 bits per heavy atom. The van der Waals surface area contributed by atoms with Gasteiger partial charge in [-0.2, -0.15) is 9.78 Å². The number of piperidine rings is 1. The van der Waals surface area contributed by atoms with Crippen LogP contribution in [0.5, 0.6) is 5.75 Å². The fraction of sp³-hybridized carbons (Fsp3) is 0.450. The van der Waals surface area contributed by atoms with Gasteiger partial charge in [0.25, 0.3) is 0 Å². The molecule has 2 fully saturated rings. The first kappa shape index (κ1) is 18.0. The van der Waals surface area contributed by atoms with Crippen molar-refractivity contribution in [3.05, 3.63) is 47.9 Å². The lowest BCUT2D eigenvalue weighted by atomic mass is 9.92. The van der Waals surface area contributed by atoms with Crippen LogP contribution in [0.15, 0.2) is 36.4 Å². The highest BCUT2D eigenvalue weighted by Crippen LogP contribution is 2.30. The van der Waals surface area contributed by atoms with E-state index in [2.05, 4.69) is 36.4 Å². The number of tetrazole rings is 1. The number of hydrogen-bond acceptors (Lipinski definition) is 8. The number of rotatable bonds is 6. The van der Waals surface area contributed by atoms with Crippen LogP contribution in [0.4, 0.5) is 5.82 Å². The zero-order chi connectivity index (χ0) is 19.6. The molecule has 150 valence electrons. The van der Waals surface area contributed by atoms with Crippen molar-refractivity contribution >= 4 is 5.82 Å². The Labute approximate surface area is 168 Å². The molecule has 2 aliphatic heterocycles. The lowest BCUT2D eigenvalue weighted by Crippen LogP contribution is -2.40. The number of benzene rings is 1. The largest absolute Gasteiger partial charge is 0.506 e. The summed E-state index contributed by atoms with van der Waals surface area (Å²) in [4.78, 5) is 0. The smallest absolute Gasteiger partial charge is 0.162 e. The molecule has 2 aromatic heterocycles. The lowest BCUT2D eigenvalue weighted by molar-refractivity contribution is 0.311. The standard InChI is InChI=1S/C20H24N8O/c29-18-4-2-1-3-17(18)28-20(25-26-27-28)11-16-7-8-19(24-23-16)21-12-13-9-14-5-6-15(10-13)22-14/h1-4,7-8,13-15,22,29H,5-6,9-12H2,(H,21,24). The average Bonchev–Trinajstić information content (AvgIpc) is 3.33. The number of aromatic hydroxyl groups is 1. The molecule has 9 nitrogen and oxygen atoms in total. The summed E-state index contributed by atoms with van der Waals surface area (Å²) in [5, 5.41) is 37.6. The van der Waals surface area contributed by atoms with Crippen LogP contribution in [0.2, 0.25) is 0 Å². The number of hydrogen-bond donors (Lipinski definition) is 3. The van der Waals surface area contributed by atoms with Gasteiger partial charge in [0.2, 0.25) is 0 Å². The van der Waals surface area contributed by atoms with Gasteiger partial charge >= 0.3 is 0 Å². The first-order chi connectivity index (χ1) is 14.2. The highest BCUT2D eigenvalue weighted by Gasteiger charge is 2.33. The van der Waals surface area contributed by atoms with Crippen LogP contribution in [-0.2, 0) is 6.42 Å². The van der Waals surface area contributed by atoms with Crippen molar-refractivity contribution in [3.63, 3.8) is 0 Å². The van der Waals surface area contributed by atoms with Crippen molar-refractivity contribution in [2.45, 2.75) is 44.2 Å². The van der Waals surface area contributed by atoms with Gasteiger partial charge in [0.05, 0.1) is 12.1 Å². The molecule has 0 spiro atoms. The highest BCUT2D eigenvalue weighted by molar-refractivity contribution is 5.45. The summed E-state index contributed by atoms with van der Waals surface area (Å²) in [6.07, 6.45) is 5.53. The van der Waals surface area contributed by atoms with E-state index in [1.807, 2.05) is 18.2 Å². The maximum absolute atomic E-state index is 10.1. The summed E-state index contributed by atoms with van der Waals surface area (Å²) in [5.74, 6) is 2.20. The van der Waals surface area contributed by atoms with Crippen molar-refractivity contribution in [1.82, 2.24) is 35.7 Å². The average molecular weight is 392 g/mol.